The molecule has 1 atom stereocenters. The number of rotatable bonds is 8. The summed E-state index contributed by atoms with van der Waals surface area (Å²) in [6.45, 7) is 2.25. The minimum atomic E-state index is -0.991. The Morgan fingerprint density at radius 3 is 2.02 bits per heavy atom. The molecule has 5 heteroatoms. The Balaban J connectivity index is 1.19. The quantitative estimate of drug-likeness (QED) is 0.236. The highest BCUT2D eigenvalue weighted by molar-refractivity contribution is 5.41. The first-order chi connectivity index (χ1) is 19.4. The Kier molecular flexibility index (Phi) is 9.54. The molecule has 0 radical (unpaired) electrons. The van der Waals surface area contributed by atoms with E-state index < -0.39 is 23.3 Å². The van der Waals surface area contributed by atoms with Crippen LogP contribution in [0, 0.1) is 52.4 Å². The summed E-state index contributed by atoms with van der Waals surface area (Å²) >= 11 is 0. The predicted octanol–water partition coefficient (Wildman–Crippen LogP) is 10.4. The highest BCUT2D eigenvalue weighted by Gasteiger charge is 2.35. The fourth-order valence-electron chi connectivity index (χ4n) is 7.96. The molecule has 0 aromatic heterocycles. The van der Waals surface area contributed by atoms with E-state index in [2.05, 4.69) is 6.92 Å². The molecule has 0 N–H and O–H groups in total. The van der Waals surface area contributed by atoms with Crippen LogP contribution in [0.25, 0.3) is 0 Å². The van der Waals surface area contributed by atoms with E-state index in [4.69, 9.17) is 5.26 Å². The first-order valence-corrected chi connectivity index (χ1v) is 15.8. The molecule has 0 heterocycles. The number of halogens is 4. The van der Waals surface area contributed by atoms with E-state index >= 15 is 13.2 Å². The van der Waals surface area contributed by atoms with Crippen LogP contribution in [0.5, 0.6) is 0 Å². The molecule has 0 spiro atoms. The van der Waals surface area contributed by atoms with Crippen LogP contribution in [0.1, 0.15) is 136 Å². The van der Waals surface area contributed by atoms with Gasteiger partial charge >= 0.3 is 0 Å². The zero-order valence-electron chi connectivity index (χ0n) is 23.9. The largest absolute Gasteiger partial charge is 0.206 e. The van der Waals surface area contributed by atoms with E-state index in [-0.39, 0.29) is 28.5 Å². The van der Waals surface area contributed by atoms with Gasteiger partial charge in [0, 0.05) is 5.56 Å². The van der Waals surface area contributed by atoms with Gasteiger partial charge in [0.05, 0.1) is 5.56 Å². The lowest BCUT2D eigenvalue weighted by molar-refractivity contribution is 0.233. The Labute approximate surface area is 237 Å². The van der Waals surface area contributed by atoms with Crippen LogP contribution in [0.15, 0.2) is 18.2 Å². The third-order valence-corrected chi connectivity index (χ3v) is 10.5. The van der Waals surface area contributed by atoms with Crippen molar-refractivity contribution in [2.45, 2.75) is 121 Å². The first kappa shape index (κ1) is 29.2. The van der Waals surface area contributed by atoms with Crippen molar-refractivity contribution in [1.29, 1.82) is 5.26 Å². The van der Waals surface area contributed by atoms with Gasteiger partial charge in [-0.25, -0.2) is 17.6 Å². The molecule has 3 aliphatic rings. The van der Waals surface area contributed by atoms with Gasteiger partial charge in [-0.1, -0.05) is 64.4 Å². The topological polar surface area (TPSA) is 23.8 Å². The standard InChI is InChI=1S/C35H43F4N/c1-2-3-4-22-5-7-23(8-6-22)9-10-24-11-18-29-30(19-24)34(38)35(39)32(33(29)37)26-14-12-25(13-15-26)27-16-17-28(21-40)31(36)20-27/h16-17,20,22-26H,2-15,18-19H2,1H3. The minimum Gasteiger partial charge on any atom is -0.206 e. The van der Waals surface area contributed by atoms with Crippen molar-refractivity contribution in [2.75, 3.05) is 0 Å². The molecule has 2 fully saturated rings. The monoisotopic (exact) mass is 553 g/mol. The van der Waals surface area contributed by atoms with Crippen LogP contribution >= 0.6 is 0 Å². The Morgan fingerprint density at radius 1 is 0.725 bits per heavy atom. The highest BCUT2D eigenvalue weighted by atomic mass is 19.2. The van der Waals surface area contributed by atoms with E-state index in [9.17, 15) is 4.39 Å². The second-order valence-corrected chi connectivity index (χ2v) is 12.9. The lowest BCUT2D eigenvalue weighted by Gasteiger charge is -2.33. The molecule has 0 bridgehead atoms. The van der Waals surface area contributed by atoms with Crippen LogP contribution in [-0.2, 0) is 12.8 Å². The average Bonchev–Trinajstić information content (AvgIpc) is 2.98. The van der Waals surface area contributed by atoms with Gasteiger partial charge in [0.15, 0.2) is 11.6 Å². The molecule has 0 saturated heterocycles. The Morgan fingerprint density at radius 2 is 1.38 bits per heavy atom. The van der Waals surface area contributed by atoms with Gasteiger partial charge in [-0.2, -0.15) is 5.26 Å². The van der Waals surface area contributed by atoms with Crippen LogP contribution in [0.3, 0.4) is 0 Å². The van der Waals surface area contributed by atoms with Crippen molar-refractivity contribution in [3.05, 3.63) is 69.3 Å². The summed E-state index contributed by atoms with van der Waals surface area (Å²) in [7, 11) is 0. The number of hydrogen-bond donors (Lipinski definition) is 0. The van der Waals surface area contributed by atoms with Gasteiger partial charge in [0.2, 0.25) is 0 Å². The van der Waals surface area contributed by atoms with Crippen LogP contribution in [0.4, 0.5) is 17.6 Å². The molecular weight excluding hydrogens is 510 g/mol. The van der Waals surface area contributed by atoms with Crippen LogP contribution in [-0.4, -0.2) is 0 Å². The molecule has 2 saturated carbocycles. The number of hydrogen-bond acceptors (Lipinski definition) is 1. The summed E-state index contributed by atoms with van der Waals surface area (Å²) in [6, 6.07) is 6.49. The summed E-state index contributed by atoms with van der Waals surface area (Å²) in [5, 5.41) is 8.97. The summed E-state index contributed by atoms with van der Waals surface area (Å²) in [5.41, 5.74) is 1.43. The smallest absolute Gasteiger partial charge is 0.165 e. The molecule has 5 rings (SSSR count). The Hall–Kier alpha value is -2.35. The number of unbranched alkanes of at least 4 members (excludes halogenated alkanes) is 1. The summed E-state index contributed by atoms with van der Waals surface area (Å²) < 4.78 is 60.8. The van der Waals surface area contributed by atoms with E-state index in [1.807, 2.05) is 6.07 Å². The van der Waals surface area contributed by atoms with Crippen molar-refractivity contribution >= 4 is 0 Å². The first-order valence-electron chi connectivity index (χ1n) is 15.8. The molecule has 3 aliphatic carbocycles. The maximum absolute atomic E-state index is 15.8. The zero-order valence-corrected chi connectivity index (χ0v) is 23.9. The fourth-order valence-corrected chi connectivity index (χ4v) is 7.96. The molecule has 40 heavy (non-hydrogen) atoms. The maximum atomic E-state index is 15.8. The van der Waals surface area contributed by atoms with E-state index in [0.717, 1.165) is 36.7 Å². The van der Waals surface area contributed by atoms with Crippen molar-refractivity contribution in [3.8, 4) is 6.07 Å². The predicted molar refractivity (Wildman–Crippen MR) is 151 cm³/mol. The third kappa shape index (κ3) is 6.27. The molecule has 216 valence electrons. The number of nitriles is 1. The molecule has 0 aliphatic heterocycles. The van der Waals surface area contributed by atoms with Gasteiger partial charge in [-0.3, -0.25) is 0 Å². The third-order valence-electron chi connectivity index (χ3n) is 10.5. The second-order valence-electron chi connectivity index (χ2n) is 12.9. The molecule has 2 aromatic rings. The van der Waals surface area contributed by atoms with Gasteiger partial charge in [-0.15, -0.1) is 0 Å². The SMILES string of the molecule is CCCCC1CCC(CCC2CCc3c(F)c(C4CCC(c5ccc(C#N)c(F)c5)CC4)c(F)c(F)c3C2)CC1. The number of nitrogens with zero attached hydrogens (tertiary/aromatic N) is 1. The van der Waals surface area contributed by atoms with Crippen molar-refractivity contribution in [1.82, 2.24) is 0 Å². The molecule has 0 amide bonds. The Bertz CT molecular complexity index is 1220. The number of fused-ring (bicyclic) bond motifs is 1. The lowest BCUT2D eigenvalue weighted by atomic mass is 9.73. The summed E-state index contributed by atoms with van der Waals surface area (Å²) in [5.74, 6) is -1.25. The maximum Gasteiger partial charge on any atom is 0.165 e. The van der Waals surface area contributed by atoms with Gasteiger partial charge in [0.25, 0.3) is 0 Å². The molecule has 1 nitrogen and oxygen atoms in total. The van der Waals surface area contributed by atoms with Gasteiger partial charge < -0.3 is 0 Å². The van der Waals surface area contributed by atoms with E-state index in [0.29, 0.717) is 50.0 Å². The van der Waals surface area contributed by atoms with Crippen LogP contribution in [0.2, 0.25) is 0 Å². The minimum absolute atomic E-state index is 0.0123. The lowest BCUT2D eigenvalue weighted by Crippen LogP contribution is -2.23. The van der Waals surface area contributed by atoms with E-state index in [1.54, 1.807) is 6.07 Å². The highest BCUT2D eigenvalue weighted by Crippen LogP contribution is 2.45. The molecule has 1 unspecified atom stereocenters. The van der Waals surface area contributed by atoms with Gasteiger partial charge in [0.1, 0.15) is 17.7 Å². The van der Waals surface area contributed by atoms with E-state index in [1.165, 1.54) is 57.1 Å². The molecule has 2 aromatic carbocycles. The summed E-state index contributed by atoms with van der Waals surface area (Å²) in [4.78, 5) is 0. The summed E-state index contributed by atoms with van der Waals surface area (Å²) in [6.07, 6.45) is 15.5. The molecular formula is C35H43F4N. The number of benzene rings is 2. The normalized spacial score (nSPS) is 26.8. The van der Waals surface area contributed by atoms with Crippen molar-refractivity contribution in [3.63, 3.8) is 0 Å². The zero-order chi connectivity index (χ0) is 28.2. The fraction of sp³-hybridized carbons (Fsp3) is 0.629. The average molecular weight is 554 g/mol. The second kappa shape index (κ2) is 13.1. The van der Waals surface area contributed by atoms with Gasteiger partial charge in [-0.05, 0) is 110 Å². The van der Waals surface area contributed by atoms with Crippen molar-refractivity contribution in [2.24, 2.45) is 17.8 Å². The van der Waals surface area contributed by atoms with Crippen LogP contribution < -0.4 is 0 Å². The van der Waals surface area contributed by atoms with Crippen molar-refractivity contribution < 1.29 is 17.6 Å².